The van der Waals surface area contributed by atoms with E-state index in [-0.39, 0.29) is 37.2 Å². The number of methoxy groups -OCH3 is 1. The normalized spacial score (nSPS) is 20.2. The third-order valence-corrected chi connectivity index (χ3v) is 9.85. The molecule has 0 radical (unpaired) electrons. The van der Waals surface area contributed by atoms with Crippen molar-refractivity contribution >= 4 is 45.7 Å². The standard InChI is InChI=1S/C41H44N2O6/c1-3-9-26(22-27-15-21-36(45)33-13-8-7-12-32(27)33)14-20-37(46)38-28(25-49-2)23-34-39(35(38)24-44)41(48)43(40(34)47)31-18-16-30(17-19-31)42-29-10-5-4-6-11-29/h4-8,10-13,15-19,21-22,34-35,37,39,42,44-46H,3,9,14,20,23-25H2,1-2H3/b26-22+/t34-,35+,37-,39-/m1/s1. The highest BCUT2D eigenvalue weighted by Gasteiger charge is 2.55. The molecule has 4 aromatic carbocycles. The molecule has 1 fully saturated rings. The number of nitrogens with one attached hydrogen (secondary N) is 1. The van der Waals surface area contributed by atoms with E-state index in [0.29, 0.717) is 24.1 Å². The first-order valence-electron chi connectivity index (χ1n) is 17.0. The minimum atomic E-state index is -0.930. The highest BCUT2D eigenvalue weighted by atomic mass is 16.5. The van der Waals surface area contributed by atoms with Crippen molar-refractivity contribution in [2.45, 2.75) is 45.1 Å². The smallest absolute Gasteiger partial charge is 0.238 e. The van der Waals surface area contributed by atoms with Crippen LogP contribution in [0.5, 0.6) is 5.75 Å². The van der Waals surface area contributed by atoms with Crippen molar-refractivity contribution in [3.8, 4) is 5.75 Å². The number of imide groups is 1. The van der Waals surface area contributed by atoms with Crippen molar-refractivity contribution in [1.82, 2.24) is 0 Å². The zero-order valence-electron chi connectivity index (χ0n) is 28.0. The van der Waals surface area contributed by atoms with E-state index in [9.17, 15) is 24.9 Å². The van der Waals surface area contributed by atoms with Gasteiger partial charge in [0.1, 0.15) is 5.75 Å². The second kappa shape index (κ2) is 15.2. The average molecular weight is 661 g/mol. The molecule has 1 aliphatic heterocycles. The molecule has 8 heteroatoms. The van der Waals surface area contributed by atoms with E-state index in [0.717, 1.165) is 51.7 Å². The molecule has 0 spiro atoms. The lowest BCUT2D eigenvalue weighted by atomic mass is 9.68. The van der Waals surface area contributed by atoms with Gasteiger partial charge in [-0.2, -0.15) is 0 Å². The Kier molecular flexibility index (Phi) is 10.6. The Bertz CT molecular complexity index is 1870. The van der Waals surface area contributed by atoms with Crippen LogP contribution in [0.25, 0.3) is 16.8 Å². The molecule has 1 heterocycles. The summed E-state index contributed by atoms with van der Waals surface area (Å²) in [6, 6.07) is 28.3. The number of hydrogen-bond acceptors (Lipinski definition) is 7. The SMILES string of the molecule is CCC/C(=C\c1ccc(O)c2ccccc12)CC[C@@H](O)C1=C(COC)C[C@H]2C(=O)N(c3ccc(Nc4ccccc4)cc3)C(=O)[C@H]2[C@H]1CO. The number of anilines is 3. The molecule has 4 atom stereocenters. The number of phenolic OH excluding ortho intramolecular Hbond substituents is 1. The molecule has 6 rings (SSSR count). The quantitative estimate of drug-likeness (QED) is 0.0873. The van der Waals surface area contributed by atoms with Crippen molar-refractivity contribution in [2.24, 2.45) is 17.8 Å². The number of carbonyl (C=O) groups excluding carboxylic acids is 2. The Balaban J connectivity index is 1.23. The van der Waals surface area contributed by atoms with Gasteiger partial charge in [-0.25, -0.2) is 0 Å². The number of nitrogens with zero attached hydrogens (tertiary/aromatic N) is 1. The molecule has 2 aliphatic rings. The van der Waals surface area contributed by atoms with Gasteiger partial charge in [0.05, 0.1) is 36.8 Å². The first-order chi connectivity index (χ1) is 23.8. The van der Waals surface area contributed by atoms with Crippen molar-refractivity contribution in [3.63, 3.8) is 0 Å². The Hall–Kier alpha value is -4.76. The fourth-order valence-corrected chi connectivity index (χ4v) is 7.62. The van der Waals surface area contributed by atoms with Gasteiger partial charge in [-0.05, 0) is 90.2 Å². The summed E-state index contributed by atoms with van der Waals surface area (Å²) in [5.74, 6) is -2.55. The van der Waals surface area contributed by atoms with Gasteiger partial charge < -0.3 is 25.4 Å². The molecule has 0 saturated carbocycles. The van der Waals surface area contributed by atoms with Crippen molar-refractivity contribution in [1.29, 1.82) is 0 Å². The number of allylic oxidation sites excluding steroid dienone is 1. The van der Waals surface area contributed by atoms with E-state index in [4.69, 9.17) is 4.74 Å². The van der Waals surface area contributed by atoms with E-state index >= 15 is 0 Å². The van der Waals surface area contributed by atoms with Crippen LogP contribution in [-0.2, 0) is 14.3 Å². The molecule has 8 nitrogen and oxygen atoms in total. The molecule has 254 valence electrons. The topological polar surface area (TPSA) is 119 Å². The molecule has 4 N–H and O–H groups in total. The summed E-state index contributed by atoms with van der Waals surface area (Å²) in [6.45, 7) is 1.94. The van der Waals surface area contributed by atoms with Crippen molar-refractivity contribution < 1.29 is 29.6 Å². The monoisotopic (exact) mass is 660 g/mol. The van der Waals surface area contributed by atoms with Crippen molar-refractivity contribution in [3.05, 3.63) is 113 Å². The van der Waals surface area contributed by atoms with Gasteiger partial charge in [-0.1, -0.05) is 73.5 Å². The lowest BCUT2D eigenvalue weighted by molar-refractivity contribution is -0.123. The van der Waals surface area contributed by atoms with Gasteiger partial charge >= 0.3 is 0 Å². The minimum Gasteiger partial charge on any atom is -0.507 e. The number of para-hydroxylation sites is 1. The third-order valence-electron chi connectivity index (χ3n) is 9.85. The lowest BCUT2D eigenvalue weighted by Crippen LogP contribution is -2.39. The fourth-order valence-electron chi connectivity index (χ4n) is 7.62. The Morgan fingerprint density at radius 2 is 1.61 bits per heavy atom. The van der Waals surface area contributed by atoms with E-state index in [1.54, 1.807) is 25.3 Å². The van der Waals surface area contributed by atoms with Crippen LogP contribution >= 0.6 is 0 Å². The lowest BCUT2D eigenvalue weighted by Gasteiger charge is -2.36. The van der Waals surface area contributed by atoms with Crippen LogP contribution in [0.1, 0.15) is 44.6 Å². The third kappa shape index (κ3) is 7.04. The molecule has 2 amide bonds. The zero-order chi connectivity index (χ0) is 34.5. The highest BCUT2D eigenvalue weighted by Crippen LogP contribution is 2.47. The van der Waals surface area contributed by atoms with Gasteiger partial charge in [0.25, 0.3) is 0 Å². The summed E-state index contributed by atoms with van der Waals surface area (Å²) in [5, 5.41) is 37.9. The van der Waals surface area contributed by atoms with E-state index in [1.165, 1.54) is 4.90 Å². The van der Waals surface area contributed by atoms with Gasteiger partial charge in [0, 0.05) is 29.8 Å². The van der Waals surface area contributed by atoms with Crippen LogP contribution in [0, 0.1) is 17.8 Å². The van der Waals surface area contributed by atoms with Crippen LogP contribution in [0.4, 0.5) is 17.1 Å². The largest absolute Gasteiger partial charge is 0.507 e. The number of aliphatic hydroxyl groups is 2. The van der Waals surface area contributed by atoms with Gasteiger partial charge in [0.2, 0.25) is 11.8 Å². The molecule has 1 aliphatic carbocycles. The maximum atomic E-state index is 14.0. The minimum absolute atomic E-state index is 0.199. The first kappa shape index (κ1) is 34.1. The predicted molar refractivity (Wildman–Crippen MR) is 193 cm³/mol. The first-order valence-corrected chi connectivity index (χ1v) is 17.0. The van der Waals surface area contributed by atoms with Crippen LogP contribution in [-0.4, -0.2) is 53.6 Å². The number of fused-ring (bicyclic) bond motifs is 2. The molecule has 0 bridgehead atoms. The maximum absolute atomic E-state index is 14.0. The molecule has 1 saturated heterocycles. The van der Waals surface area contributed by atoms with E-state index in [1.807, 2.05) is 72.8 Å². The number of benzene rings is 4. The number of hydrogen-bond donors (Lipinski definition) is 4. The van der Waals surface area contributed by atoms with Crippen LogP contribution in [0.2, 0.25) is 0 Å². The Morgan fingerprint density at radius 1 is 0.918 bits per heavy atom. The van der Waals surface area contributed by atoms with Gasteiger partial charge in [-0.15, -0.1) is 0 Å². The maximum Gasteiger partial charge on any atom is 0.238 e. The predicted octanol–water partition coefficient (Wildman–Crippen LogP) is 7.37. The molecular weight excluding hydrogens is 616 g/mol. The van der Waals surface area contributed by atoms with Crippen LogP contribution in [0.3, 0.4) is 0 Å². The van der Waals surface area contributed by atoms with Gasteiger partial charge in [0.15, 0.2) is 0 Å². The second-order valence-corrected chi connectivity index (χ2v) is 13.0. The molecule has 0 aromatic heterocycles. The number of carbonyl (C=O) groups is 2. The number of aliphatic hydroxyl groups excluding tert-OH is 2. The molecule has 4 aromatic rings. The number of rotatable bonds is 13. The summed E-state index contributed by atoms with van der Waals surface area (Å²) < 4.78 is 5.53. The summed E-state index contributed by atoms with van der Waals surface area (Å²) >= 11 is 0. The summed E-state index contributed by atoms with van der Waals surface area (Å²) in [5.41, 5.74) is 5.76. The van der Waals surface area contributed by atoms with Crippen LogP contribution in [0.15, 0.2) is 108 Å². The highest BCUT2D eigenvalue weighted by molar-refractivity contribution is 6.22. The number of phenols is 1. The zero-order valence-corrected chi connectivity index (χ0v) is 28.0. The van der Waals surface area contributed by atoms with E-state index < -0.39 is 23.9 Å². The number of ether oxygens (including phenoxy) is 1. The molecular formula is C41H44N2O6. The Morgan fingerprint density at radius 3 is 2.31 bits per heavy atom. The van der Waals surface area contributed by atoms with Gasteiger partial charge in [-0.3, -0.25) is 14.5 Å². The summed E-state index contributed by atoms with van der Waals surface area (Å²) in [6.07, 6.45) is 4.24. The number of aromatic hydroxyl groups is 1. The summed E-state index contributed by atoms with van der Waals surface area (Å²) in [4.78, 5) is 29.1. The summed E-state index contributed by atoms with van der Waals surface area (Å²) in [7, 11) is 1.57. The number of amides is 2. The Labute approximate surface area is 287 Å². The molecule has 0 unspecified atom stereocenters. The van der Waals surface area contributed by atoms with Crippen molar-refractivity contribution in [2.75, 3.05) is 30.5 Å². The van der Waals surface area contributed by atoms with Crippen LogP contribution < -0.4 is 10.2 Å². The average Bonchev–Trinajstić information content (AvgIpc) is 3.37. The molecule has 49 heavy (non-hydrogen) atoms. The second-order valence-electron chi connectivity index (χ2n) is 13.0. The fraction of sp³-hybridized carbons (Fsp3) is 0.317. The van der Waals surface area contributed by atoms with E-state index in [2.05, 4.69) is 18.3 Å².